The summed E-state index contributed by atoms with van der Waals surface area (Å²) in [6.45, 7) is 10.7. The molecule has 3 unspecified atom stereocenters. The maximum atomic E-state index is 13.8. The standard InChI is InChI=1S/C32H46N4O4/c1-5-35(6-2)31(38)26-13-10-18-36(21-26)32(39)29(34-30(37)28(33)19-23(3)4)20-24-14-16-27(17-15-24)40-22-25-11-8-7-9-12-25/h7-9,11-12,14-17,23,26,28-29H,5-6,10,13,18-22,33H2,1-4H3,(H,34,37). The summed E-state index contributed by atoms with van der Waals surface area (Å²) < 4.78 is 5.90. The number of ether oxygens (including phenoxy) is 1. The van der Waals surface area contributed by atoms with Crippen molar-refractivity contribution >= 4 is 17.7 Å². The van der Waals surface area contributed by atoms with Crippen LogP contribution >= 0.6 is 0 Å². The van der Waals surface area contributed by atoms with Gasteiger partial charge < -0.3 is 25.6 Å². The number of nitrogens with one attached hydrogen (secondary N) is 1. The van der Waals surface area contributed by atoms with E-state index in [1.54, 1.807) is 4.90 Å². The number of carbonyl (C=O) groups is 3. The molecule has 3 N–H and O–H groups in total. The minimum absolute atomic E-state index is 0.0909. The number of benzene rings is 2. The Balaban J connectivity index is 1.72. The lowest BCUT2D eigenvalue weighted by atomic mass is 9.95. The SMILES string of the molecule is CCN(CC)C(=O)C1CCCN(C(=O)C(Cc2ccc(OCc3ccccc3)cc2)NC(=O)C(N)CC(C)C)C1. The van der Waals surface area contributed by atoms with Gasteiger partial charge in [0, 0.05) is 32.6 Å². The van der Waals surface area contributed by atoms with Gasteiger partial charge in [-0.05, 0) is 62.3 Å². The van der Waals surface area contributed by atoms with Crippen LogP contribution in [0.2, 0.25) is 0 Å². The highest BCUT2D eigenvalue weighted by Gasteiger charge is 2.34. The molecule has 0 bridgehead atoms. The van der Waals surface area contributed by atoms with Crippen LogP contribution in [0.25, 0.3) is 0 Å². The van der Waals surface area contributed by atoms with Gasteiger partial charge in [-0.1, -0.05) is 56.3 Å². The fourth-order valence-corrected chi connectivity index (χ4v) is 5.18. The number of piperidine rings is 1. The molecule has 218 valence electrons. The van der Waals surface area contributed by atoms with Crippen molar-refractivity contribution in [3.8, 4) is 5.75 Å². The molecule has 3 amide bonds. The van der Waals surface area contributed by atoms with E-state index in [0.29, 0.717) is 45.6 Å². The molecule has 1 fully saturated rings. The van der Waals surface area contributed by atoms with E-state index in [9.17, 15) is 14.4 Å². The van der Waals surface area contributed by atoms with Crippen molar-refractivity contribution in [2.75, 3.05) is 26.2 Å². The van der Waals surface area contributed by atoms with Crippen LogP contribution in [0.4, 0.5) is 0 Å². The largest absolute Gasteiger partial charge is 0.489 e. The maximum absolute atomic E-state index is 13.8. The molecule has 3 atom stereocenters. The zero-order valence-corrected chi connectivity index (χ0v) is 24.5. The van der Waals surface area contributed by atoms with Crippen LogP contribution in [0.3, 0.4) is 0 Å². The number of carbonyl (C=O) groups excluding carboxylic acids is 3. The van der Waals surface area contributed by atoms with Crippen molar-refractivity contribution in [3.63, 3.8) is 0 Å². The van der Waals surface area contributed by atoms with Gasteiger partial charge in [0.1, 0.15) is 18.4 Å². The monoisotopic (exact) mass is 550 g/mol. The molecule has 0 aromatic heterocycles. The quantitative estimate of drug-likeness (QED) is 0.395. The Morgan fingerprint density at radius 2 is 1.70 bits per heavy atom. The Labute approximate surface area is 239 Å². The van der Waals surface area contributed by atoms with Gasteiger partial charge >= 0.3 is 0 Å². The van der Waals surface area contributed by atoms with Crippen molar-refractivity contribution in [2.45, 2.75) is 72.1 Å². The van der Waals surface area contributed by atoms with Crippen molar-refractivity contribution in [1.29, 1.82) is 0 Å². The first-order chi connectivity index (χ1) is 19.2. The summed E-state index contributed by atoms with van der Waals surface area (Å²) in [6.07, 6.45) is 2.37. The van der Waals surface area contributed by atoms with Crippen LogP contribution in [0, 0.1) is 11.8 Å². The van der Waals surface area contributed by atoms with Crippen molar-refractivity contribution < 1.29 is 19.1 Å². The molecule has 40 heavy (non-hydrogen) atoms. The van der Waals surface area contributed by atoms with Crippen molar-refractivity contribution in [1.82, 2.24) is 15.1 Å². The predicted octanol–water partition coefficient (Wildman–Crippen LogP) is 3.77. The lowest BCUT2D eigenvalue weighted by Gasteiger charge is -2.36. The van der Waals surface area contributed by atoms with Gasteiger partial charge in [0.25, 0.3) is 0 Å². The lowest BCUT2D eigenvalue weighted by molar-refractivity contribution is -0.143. The molecule has 0 radical (unpaired) electrons. The van der Waals surface area contributed by atoms with Gasteiger partial charge in [0.2, 0.25) is 17.7 Å². The molecule has 2 aromatic carbocycles. The Kier molecular flexibility index (Phi) is 12.0. The number of rotatable bonds is 13. The third-order valence-electron chi connectivity index (χ3n) is 7.45. The second kappa shape index (κ2) is 15.4. The summed E-state index contributed by atoms with van der Waals surface area (Å²) in [6, 6.07) is 16.1. The van der Waals surface area contributed by atoms with Crippen LogP contribution in [0.5, 0.6) is 5.75 Å². The average molecular weight is 551 g/mol. The molecule has 0 aliphatic carbocycles. The molecule has 8 nitrogen and oxygen atoms in total. The summed E-state index contributed by atoms with van der Waals surface area (Å²) >= 11 is 0. The molecule has 8 heteroatoms. The van der Waals surface area contributed by atoms with E-state index in [0.717, 1.165) is 29.7 Å². The zero-order chi connectivity index (χ0) is 29.1. The predicted molar refractivity (Wildman–Crippen MR) is 158 cm³/mol. The van der Waals surface area contributed by atoms with Crippen LogP contribution in [0.15, 0.2) is 54.6 Å². The minimum atomic E-state index is -0.774. The highest BCUT2D eigenvalue weighted by Crippen LogP contribution is 2.21. The number of nitrogens with zero attached hydrogens (tertiary/aromatic N) is 2. The average Bonchev–Trinajstić information content (AvgIpc) is 2.96. The van der Waals surface area contributed by atoms with E-state index >= 15 is 0 Å². The summed E-state index contributed by atoms with van der Waals surface area (Å²) in [4.78, 5) is 43.4. The number of amides is 3. The Hall–Kier alpha value is -3.39. The van der Waals surface area contributed by atoms with Gasteiger partial charge in [-0.3, -0.25) is 14.4 Å². The van der Waals surface area contributed by atoms with Crippen molar-refractivity contribution in [2.24, 2.45) is 17.6 Å². The highest BCUT2D eigenvalue weighted by atomic mass is 16.5. The number of hydrogen-bond donors (Lipinski definition) is 2. The topological polar surface area (TPSA) is 105 Å². The van der Waals surface area contributed by atoms with Gasteiger partial charge in [0.15, 0.2) is 0 Å². The Morgan fingerprint density at radius 3 is 2.33 bits per heavy atom. The Morgan fingerprint density at radius 1 is 1.02 bits per heavy atom. The van der Waals surface area contributed by atoms with E-state index in [4.69, 9.17) is 10.5 Å². The van der Waals surface area contributed by atoms with Crippen LogP contribution in [0.1, 0.15) is 58.1 Å². The first-order valence-corrected chi connectivity index (χ1v) is 14.6. The molecule has 0 spiro atoms. The second-order valence-electron chi connectivity index (χ2n) is 11.1. The van der Waals surface area contributed by atoms with E-state index in [-0.39, 0.29) is 29.6 Å². The van der Waals surface area contributed by atoms with Gasteiger partial charge in [-0.25, -0.2) is 0 Å². The fourth-order valence-electron chi connectivity index (χ4n) is 5.18. The Bertz CT molecular complexity index is 1090. The molecular formula is C32H46N4O4. The minimum Gasteiger partial charge on any atom is -0.489 e. The third kappa shape index (κ3) is 9.08. The van der Waals surface area contributed by atoms with Gasteiger partial charge in [-0.15, -0.1) is 0 Å². The fraction of sp³-hybridized carbons (Fsp3) is 0.531. The van der Waals surface area contributed by atoms with Gasteiger partial charge in [0.05, 0.1) is 12.0 Å². The van der Waals surface area contributed by atoms with Crippen molar-refractivity contribution in [3.05, 3.63) is 65.7 Å². The first kappa shape index (κ1) is 31.1. The second-order valence-corrected chi connectivity index (χ2v) is 11.1. The molecule has 1 saturated heterocycles. The first-order valence-electron chi connectivity index (χ1n) is 14.6. The number of nitrogens with two attached hydrogens (primary N) is 1. The van der Waals surface area contributed by atoms with E-state index < -0.39 is 12.1 Å². The molecule has 2 aromatic rings. The van der Waals surface area contributed by atoms with E-state index in [1.807, 2.05) is 87.2 Å². The molecule has 1 aliphatic rings. The zero-order valence-electron chi connectivity index (χ0n) is 24.5. The smallest absolute Gasteiger partial charge is 0.245 e. The molecule has 1 aliphatic heterocycles. The summed E-state index contributed by atoms with van der Waals surface area (Å²) in [5, 5.41) is 2.94. The van der Waals surface area contributed by atoms with Gasteiger partial charge in [-0.2, -0.15) is 0 Å². The molecule has 3 rings (SSSR count). The normalized spacial score (nSPS) is 16.8. The van der Waals surface area contributed by atoms with Crippen LogP contribution in [-0.2, 0) is 27.4 Å². The molecule has 1 heterocycles. The number of hydrogen-bond acceptors (Lipinski definition) is 5. The summed E-state index contributed by atoms with van der Waals surface area (Å²) in [5.41, 5.74) is 8.14. The number of likely N-dealkylation sites (tertiary alicyclic amines) is 1. The highest BCUT2D eigenvalue weighted by molar-refractivity contribution is 5.90. The lowest BCUT2D eigenvalue weighted by Crippen LogP contribution is -2.56. The van der Waals surface area contributed by atoms with E-state index in [2.05, 4.69) is 5.32 Å². The molecular weight excluding hydrogens is 504 g/mol. The van der Waals surface area contributed by atoms with Crippen LogP contribution in [-0.4, -0.2) is 65.8 Å². The van der Waals surface area contributed by atoms with Crippen LogP contribution < -0.4 is 15.8 Å². The maximum Gasteiger partial charge on any atom is 0.245 e. The summed E-state index contributed by atoms with van der Waals surface area (Å²) in [5.74, 6) is 0.347. The summed E-state index contributed by atoms with van der Waals surface area (Å²) in [7, 11) is 0. The third-order valence-corrected chi connectivity index (χ3v) is 7.45. The van der Waals surface area contributed by atoms with E-state index in [1.165, 1.54) is 0 Å². The molecule has 0 saturated carbocycles.